The molecule has 0 saturated carbocycles. The molecule has 114 valence electrons. The Balaban J connectivity index is 2.54. The topological polar surface area (TPSA) is 50.4 Å². The summed E-state index contributed by atoms with van der Waals surface area (Å²) in [5.41, 5.74) is 5.20. The van der Waals surface area contributed by atoms with Crippen LogP contribution in [0.2, 0.25) is 0 Å². The molecule has 0 aliphatic heterocycles. The third-order valence-electron chi connectivity index (χ3n) is 2.57. The highest BCUT2D eigenvalue weighted by Gasteiger charge is 2.30. The highest BCUT2D eigenvalue weighted by atomic mass is 19.4. The van der Waals surface area contributed by atoms with E-state index in [1.165, 1.54) is 12.1 Å². The highest BCUT2D eigenvalue weighted by molar-refractivity contribution is 5.78. The smallest absolute Gasteiger partial charge is 0.370 e. The lowest BCUT2D eigenvalue weighted by Crippen LogP contribution is -2.32. The average molecular weight is 297 g/mol. The van der Waals surface area contributed by atoms with Crippen molar-refractivity contribution in [1.29, 1.82) is 0 Å². The van der Waals surface area contributed by atoms with Crippen molar-refractivity contribution in [3.8, 4) is 11.8 Å². The predicted octanol–water partition coefficient (Wildman–Crippen LogP) is 2.76. The van der Waals surface area contributed by atoms with Crippen molar-refractivity contribution in [3.63, 3.8) is 0 Å². The zero-order valence-corrected chi connectivity index (χ0v) is 11.8. The Hall–Kier alpha value is -2.16. The van der Waals surface area contributed by atoms with E-state index in [4.69, 9.17) is 5.73 Å². The van der Waals surface area contributed by atoms with Crippen LogP contribution in [-0.4, -0.2) is 19.0 Å². The summed E-state index contributed by atoms with van der Waals surface area (Å²) in [4.78, 5) is 4.07. The van der Waals surface area contributed by atoms with Crippen LogP contribution >= 0.6 is 0 Å². The van der Waals surface area contributed by atoms with E-state index in [-0.39, 0.29) is 6.54 Å². The van der Waals surface area contributed by atoms with Gasteiger partial charge in [0.2, 0.25) is 0 Å². The molecular formula is C15H18F3N3. The molecule has 0 bridgehead atoms. The van der Waals surface area contributed by atoms with Gasteiger partial charge in [0, 0.05) is 12.1 Å². The van der Waals surface area contributed by atoms with Crippen LogP contribution in [-0.2, 0) is 6.18 Å². The van der Waals surface area contributed by atoms with Crippen molar-refractivity contribution in [2.45, 2.75) is 25.9 Å². The zero-order chi connectivity index (χ0) is 15.7. The molecule has 0 saturated heterocycles. The van der Waals surface area contributed by atoms with Crippen molar-refractivity contribution in [2.75, 3.05) is 13.1 Å². The van der Waals surface area contributed by atoms with E-state index in [0.29, 0.717) is 18.1 Å². The van der Waals surface area contributed by atoms with E-state index in [9.17, 15) is 13.2 Å². The van der Waals surface area contributed by atoms with Crippen molar-refractivity contribution in [2.24, 2.45) is 10.7 Å². The van der Waals surface area contributed by atoms with Crippen LogP contribution in [0.15, 0.2) is 29.3 Å². The lowest BCUT2D eigenvalue weighted by molar-refractivity contribution is -0.137. The number of nitrogens with one attached hydrogen (secondary N) is 1. The first-order valence-electron chi connectivity index (χ1n) is 6.63. The third kappa shape index (κ3) is 6.70. The molecule has 0 spiro atoms. The first kappa shape index (κ1) is 16.9. The molecule has 0 unspecified atom stereocenters. The molecule has 3 N–H and O–H groups in total. The molecule has 1 aromatic carbocycles. The number of halogens is 3. The lowest BCUT2D eigenvalue weighted by atomic mass is 10.1. The molecule has 6 heteroatoms. The van der Waals surface area contributed by atoms with Crippen molar-refractivity contribution < 1.29 is 13.2 Å². The molecule has 0 aliphatic carbocycles. The summed E-state index contributed by atoms with van der Waals surface area (Å²) in [7, 11) is 0. The van der Waals surface area contributed by atoms with Crippen LogP contribution in [0.1, 0.15) is 30.9 Å². The highest BCUT2D eigenvalue weighted by Crippen LogP contribution is 2.29. The number of nitrogens with two attached hydrogens (primary N) is 1. The molecule has 0 aromatic heterocycles. The summed E-state index contributed by atoms with van der Waals surface area (Å²) in [5, 5.41) is 2.79. The van der Waals surface area contributed by atoms with Crippen LogP contribution in [0.3, 0.4) is 0 Å². The fourth-order valence-corrected chi connectivity index (χ4v) is 1.47. The fourth-order valence-electron chi connectivity index (χ4n) is 1.47. The van der Waals surface area contributed by atoms with E-state index in [0.717, 1.165) is 25.0 Å². The van der Waals surface area contributed by atoms with Gasteiger partial charge in [-0.25, -0.2) is 0 Å². The molecule has 0 aliphatic rings. The van der Waals surface area contributed by atoms with E-state index < -0.39 is 11.7 Å². The van der Waals surface area contributed by atoms with Crippen LogP contribution < -0.4 is 11.1 Å². The molecule has 0 atom stereocenters. The monoisotopic (exact) mass is 297 g/mol. The second-order valence-electron chi connectivity index (χ2n) is 4.35. The quantitative estimate of drug-likeness (QED) is 0.388. The number of rotatable bonds is 4. The Morgan fingerprint density at radius 3 is 2.81 bits per heavy atom. The van der Waals surface area contributed by atoms with E-state index >= 15 is 0 Å². The Kier molecular flexibility index (Phi) is 6.60. The lowest BCUT2D eigenvalue weighted by Gasteiger charge is -2.05. The van der Waals surface area contributed by atoms with Gasteiger partial charge < -0.3 is 11.1 Å². The van der Waals surface area contributed by atoms with Crippen LogP contribution in [0.25, 0.3) is 0 Å². The Morgan fingerprint density at radius 1 is 1.38 bits per heavy atom. The minimum Gasteiger partial charge on any atom is -0.370 e. The average Bonchev–Trinajstić information content (AvgIpc) is 2.43. The molecule has 21 heavy (non-hydrogen) atoms. The zero-order valence-electron chi connectivity index (χ0n) is 11.8. The maximum absolute atomic E-state index is 12.5. The third-order valence-corrected chi connectivity index (χ3v) is 2.57. The molecule has 1 rings (SSSR count). The SMILES string of the molecule is CCCCN=C(N)NCC#Cc1cccc(C(F)(F)F)c1. The molecular weight excluding hydrogens is 279 g/mol. The van der Waals surface area contributed by atoms with Crippen molar-refractivity contribution in [1.82, 2.24) is 5.32 Å². The van der Waals surface area contributed by atoms with Crippen molar-refractivity contribution in [3.05, 3.63) is 35.4 Å². The molecule has 0 heterocycles. The van der Waals surface area contributed by atoms with Gasteiger partial charge in [0.25, 0.3) is 0 Å². The number of hydrogen-bond donors (Lipinski definition) is 2. The Labute approximate surface area is 122 Å². The molecule has 3 nitrogen and oxygen atoms in total. The first-order valence-corrected chi connectivity index (χ1v) is 6.63. The number of aliphatic imine (C=N–C) groups is 1. The van der Waals surface area contributed by atoms with Crippen molar-refractivity contribution >= 4 is 5.96 Å². The largest absolute Gasteiger partial charge is 0.416 e. The van der Waals surface area contributed by atoms with Gasteiger partial charge in [-0.15, -0.1) is 0 Å². The second kappa shape index (κ2) is 8.20. The Morgan fingerprint density at radius 2 is 2.14 bits per heavy atom. The molecule has 0 radical (unpaired) electrons. The molecule has 0 amide bonds. The normalized spacial score (nSPS) is 11.7. The van der Waals surface area contributed by atoms with E-state index in [2.05, 4.69) is 29.1 Å². The summed E-state index contributed by atoms with van der Waals surface area (Å²) in [6.45, 7) is 2.94. The summed E-state index contributed by atoms with van der Waals surface area (Å²) in [6, 6.07) is 4.90. The standard InChI is InChI=1S/C15H18F3N3/c1-2-3-9-20-14(19)21-10-5-7-12-6-4-8-13(11-12)15(16,17)18/h4,6,8,11H,2-3,9-10H2,1H3,(H3,19,20,21). The molecule has 0 fully saturated rings. The van der Waals surface area contributed by atoms with Gasteiger partial charge in [-0.1, -0.05) is 31.3 Å². The Bertz CT molecular complexity index is 539. The van der Waals surface area contributed by atoms with Crippen LogP contribution in [0.4, 0.5) is 13.2 Å². The maximum Gasteiger partial charge on any atom is 0.416 e. The van der Waals surface area contributed by atoms with Gasteiger partial charge in [0.1, 0.15) is 0 Å². The molecule has 1 aromatic rings. The number of unbranched alkanes of at least 4 members (excludes halogenated alkanes) is 1. The van der Waals surface area contributed by atoms with Gasteiger partial charge in [0.05, 0.1) is 12.1 Å². The summed E-state index contributed by atoms with van der Waals surface area (Å²) in [5.74, 6) is 5.66. The predicted molar refractivity (Wildman–Crippen MR) is 77.7 cm³/mol. The van der Waals surface area contributed by atoms with Gasteiger partial charge in [-0.2, -0.15) is 13.2 Å². The minimum absolute atomic E-state index is 0.234. The first-order chi connectivity index (χ1) is 9.93. The minimum atomic E-state index is -4.35. The van der Waals surface area contributed by atoms with Crippen LogP contribution in [0, 0.1) is 11.8 Å². The number of nitrogens with zero attached hydrogens (tertiary/aromatic N) is 1. The number of guanidine groups is 1. The van der Waals surface area contributed by atoms with Gasteiger partial charge in [-0.05, 0) is 24.6 Å². The van der Waals surface area contributed by atoms with E-state index in [1.807, 2.05) is 0 Å². The van der Waals surface area contributed by atoms with Crippen LogP contribution in [0.5, 0.6) is 0 Å². The van der Waals surface area contributed by atoms with Gasteiger partial charge in [-0.3, -0.25) is 4.99 Å². The van der Waals surface area contributed by atoms with Gasteiger partial charge >= 0.3 is 6.18 Å². The van der Waals surface area contributed by atoms with E-state index in [1.54, 1.807) is 0 Å². The fraction of sp³-hybridized carbons (Fsp3) is 0.400. The summed E-state index contributed by atoms with van der Waals surface area (Å²) < 4.78 is 37.6. The number of hydrogen-bond acceptors (Lipinski definition) is 1. The number of alkyl halides is 3. The number of benzene rings is 1. The summed E-state index contributed by atoms with van der Waals surface area (Å²) >= 11 is 0. The maximum atomic E-state index is 12.5. The van der Waals surface area contributed by atoms with Gasteiger partial charge in [0.15, 0.2) is 5.96 Å². The summed E-state index contributed by atoms with van der Waals surface area (Å²) in [6.07, 6.45) is -2.36. The second-order valence-corrected chi connectivity index (χ2v) is 4.35.